The number of nitrogens with zero attached hydrogens (tertiary/aromatic N) is 7. The second kappa shape index (κ2) is 10.6. The smallest absolute Gasteiger partial charge is 0.386 e. The number of ether oxygens (including phenoxy) is 2. The van der Waals surface area contributed by atoms with E-state index in [0.29, 0.717) is 11.2 Å². The Morgan fingerprint density at radius 2 is 1.73 bits per heavy atom. The number of imidazole rings is 2. The Bertz CT molecular complexity index is 1900. The lowest BCUT2D eigenvalue weighted by Gasteiger charge is -2.27. The highest BCUT2D eigenvalue weighted by Crippen LogP contribution is 2.54. The number of hydrogen-bond acceptors (Lipinski definition) is 16. The van der Waals surface area contributed by atoms with Gasteiger partial charge in [-0.2, -0.15) is 4.98 Å². The third-order valence-corrected chi connectivity index (χ3v) is 9.97. The van der Waals surface area contributed by atoms with Gasteiger partial charge in [0.05, 0.1) is 37.6 Å². The number of hydrogen-bond donors (Lipinski definition) is 6. The van der Waals surface area contributed by atoms with Crippen LogP contribution >= 0.6 is 15.4 Å². The maximum absolute atomic E-state index is 13.3. The van der Waals surface area contributed by atoms with Gasteiger partial charge in [0, 0.05) is 6.42 Å². The van der Waals surface area contributed by atoms with Crippen LogP contribution in [0, 0.1) is 0 Å². The molecule has 23 heteroatoms. The maximum atomic E-state index is 13.3. The van der Waals surface area contributed by atoms with E-state index in [2.05, 4.69) is 29.9 Å². The number of aromatic nitrogens is 8. The Kier molecular flexibility index (Phi) is 7.09. The zero-order valence-corrected chi connectivity index (χ0v) is 24.2. The molecule has 4 aromatic heterocycles. The Balaban J connectivity index is 1.15. The number of nitrogens with one attached hydrogen (secondary N) is 1. The van der Waals surface area contributed by atoms with Crippen LogP contribution in [0.15, 0.2) is 23.8 Å². The maximum Gasteiger partial charge on any atom is 0.472 e. The van der Waals surface area contributed by atoms with Gasteiger partial charge >= 0.3 is 15.4 Å². The van der Waals surface area contributed by atoms with Crippen molar-refractivity contribution in [3.05, 3.63) is 29.3 Å². The highest BCUT2D eigenvalue weighted by molar-refractivity contribution is 7.52. The quantitative estimate of drug-likeness (QED) is 0.143. The normalized spacial score (nSPS) is 36.6. The number of fused-ring (bicyclic) bond motifs is 4. The third kappa shape index (κ3) is 5.20. The molecule has 0 radical (unpaired) electrons. The summed E-state index contributed by atoms with van der Waals surface area (Å²) in [6, 6.07) is 0. The minimum atomic E-state index is -4.90. The molecule has 21 nitrogen and oxygen atoms in total. The summed E-state index contributed by atoms with van der Waals surface area (Å²) in [6.45, 7) is -0.589. The van der Waals surface area contributed by atoms with Gasteiger partial charge in [0.2, 0.25) is 5.95 Å². The lowest BCUT2D eigenvalue weighted by atomic mass is 10.1. The minimum absolute atomic E-state index is 0.0246. The summed E-state index contributed by atoms with van der Waals surface area (Å²) in [4.78, 5) is 56.3. The Labute approximate surface area is 245 Å². The van der Waals surface area contributed by atoms with Gasteiger partial charge in [-0.15, -0.1) is 0 Å². The molecular formula is C21H26N10O11P2. The number of H-pyrrole nitrogens is 1. The number of nitrogen functional groups attached to an aromatic ring is 2. The van der Waals surface area contributed by atoms with Crippen molar-refractivity contribution in [2.24, 2.45) is 0 Å². The summed E-state index contributed by atoms with van der Waals surface area (Å²) in [5.74, 6) is -0.0803. The van der Waals surface area contributed by atoms with Crippen LogP contribution in [0.4, 0.5) is 11.8 Å². The zero-order valence-electron chi connectivity index (χ0n) is 22.4. The Morgan fingerprint density at radius 3 is 2.55 bits per heavy atom. The fraction of sp³-hybridized carbons (Fsp3) is 0.524. The molecule has 3 fully saturated rings. The summed E-state index contributed by atoms with van der Waals surface area (Å²) in [5.41, 5.74) is 11.4. The molecule has 0 aliphatic carbocycles. The summed E-state index contributed by atoms with van der Waals surface area (Å²) in [6.07, 6.45) is -5.56. The van der Waals surface area contributed by atoms with Gasteiger partial charge < -0.3 is 40.4 Å². The molecule has 44 heavy (non-hydrogen) atoms. The molecular weight excluding hydrogens is 630 g/mol. The first-order valence-electron chi connectivity index (χ1n) is 13.2. The largest absolute Gasteiger partial charge is 0.472 e. The van der Waals surface area contributed by atoms with Crippen molar-refractivity contribution in [2.75, 3.05) is 24.2 Å². The van der Waals surface area contributed by atoms with Crippen molar-refractivity contribution in [1.82, 2.24) is 39.0 Å². The number of anilines is 2. The summed E-state index contributed by atoms with van der Waals surface area (Å²) in [7, 11) is -9.25. The molecule has 7 rings (SSSR count). The van der Waals surface area contributed by atoms with E-state index >= 15 is 0 Å². The molecule has 3 aliphatic heterocycles. The van der Waals surface area contributed by atoms with Crippen LogP contribution in [0.3, 0.4) is 0 Å². The van der Waals surface area contributed by atoms with E-state index in [4.69, 9.17) is 34.5 Å². The molecule has 236 valence electrons. The number of aliphatic hydroxyl groups excluding tert-OH is 1. The van der Waals surface area contributed by atoms with E-state index < -0.39 is 76.7 Å². The van der Waals surface area contributed by atoms with E-state index in [1.54, 1.807) is 0 Å². The summed E-state index contributed by atoms with van der Waals surface area (Å²) in [5, 5.41) is 11.2. The second-order valence-electron chi connectivity index (χ2n) is 10.4. The minimum Gasteiger partial charge on any atom is -0.386 e. The van der Waals surface area contributed by atoms with Crippen molar-refractivity contribution >= 4 is 49.5 Å². The Hall–Kier alpha value is -3.36. The molecule has 3 aliphatic rings. The van der Waals surface area contributed by atoms with Crippen molar-refractivity contribution < 1.29 is 47.1 Å². The number of aromatic amines is 1. The SMILES string of the molecule is Nc1nc2c(ncn2[C@@H]2O[C@@H]3CCP(=O)(O)O[C@H]4C[C@H](n5cnc6c(N)ncnc65)O[C@@H]4COP(=O)(O)O[C@H]3[C@H]2O)c(=O)[nH]1. The van der Waals surface area contributed by atoms with Crippen LogP contribution in [-0.2, 0) is 32.2 Å². The average Bonchev–Trinajstić information content (AvgIpc) is 3.72. The highest BCUT2D eigenvalue weighted by atomic mass is 31.2. The van der Waals surface area contributed by atoms with E-state index in [-0.39, 0.29) is 35.8 Å². The van der Waals surface area contributed by atoms with Crippen molar-refractivity contribution in [3.8, 4) is 0 Å². The van der Waals surface area contributed by atoms with E-state index in [1.165, 1.54) is 28.1 Å². The molecule has 0 spiro atoms. The van der Waals surface area contributed by atoms with Crippen molar-refractivity contribution in [3.63, 3.8) is 0 Å². The van der Waals surface area contributed by atoms with E-state index in [9.17, 15) is 28.8 Å². The van der Waals surface area contributed by atoms with Crippen LogP contribution < -0.4 is 17.0 Å². The van der Waals surface area contributed by atoms with Gasteiger partial charge in [0.1, 0.15) is 36.4 Å². The van der Waals surface area contributed by atoms with Gasteiger partial charge in [-0.05, 0) is 6.42 Å². The standard InChI is InChI=1S/C21H26N10O11P2/c22-16-12-17(25-5-24-16)30(6-26-12)11-3-9-10(39-11)4-38-44(36,37)42-15-8(1-2-43(34,35)41-9)40-20(14(15)32)31-7-27-13-18(31)28-21(23)29-19(13)33/h5-11,14-15,20,32H,1-4H2,(H,34,35)(H,36,37)(H2,22,24,25)(H3,23,28,29,33)/t8-,9+,10-,11-,14-,15-,20-/m1/s1. The van der Waals surface area contributed by atoms with Gasteiger partial charge in [0.25, 0.3) is 5.56 Å². The first-order valence-corrected chi connectivity index (χ1v) is 16.5. The fourth-order valence-electron chi connectivity index (χ4n) is 5.56. The molecule has 8 N–H and O–H groups in total. The molecule has 9 atom stereocenters. The van der Waals surface area contributed by atoms with Gasteiger partial charge in [-0.3, -0.25) is 32.5 Å². The first-order chi connectivity index (χ1) is 20.9. The third-order valence-electron chi connectivity index (χ3n) is 7.57. The van der Waals surface area contributed by atoms with Crippen LogP contribution in [0.2, 0.25) is 0 Å². The molecule has 4 aromatic rings. The van der Waals surface area contributed by atoms with Crippen LogP contribution in [0.1, 0.15) is 25.3 Å². The van der Waals surface area contributed by atoms with Crippen LogP contribution in [-0.4, -0.2) is 97.2 Å². The first kappa shape index (κ1) is 29.4. The van der Waals surface area contributed by atoms with E-state index in [1.807, 2.05) is 0 Å². The lowest BCUT2D eigenvalue weighted by molar-refractivity contribution is -0.0495. The lowest BCUT2D eigenvalue weighted by Crippen LogP contribution is -2.36. The van der Waals surface area contributed by atoms with Crippen molar-refractivity contribution in [1.29, 1.82) is 0 Å². The molecule has 3 saturated heterocycles. The van der Waals surface area contributed by atoms with E-state index in [0.717, 1.165) is 0 Å². The van der Waals surface area contributed by atoms with Crippen molar-refractivity contribution in [2.45, 2.75) is 55.8 Å². The van der Waals surface area contributed by atoms with Gasteiger partial charge in [-0.25, -0.2) is 24.5 Å². The highest BCUT2D eigenvalue weighted by Gasteiger charge is 2.51. The number of phosphoric ester groups is 1. The molecule has 7 heterocycles. The molecule has 0 amide bonds. The monoisotopic (exact) mass is 656 g/mol. The topological polar surface area (TPSA) is 300 Å². The Morgan fingerprint density at radius 1 is 0.955 bits per heavy atom. The number of aliphatic hydroxyl groups is 1. The molecule has 0 saturated carbocycles. The van der Waals surface area contributed by atoms with Gasteiger partial charge in [-0.1, -0.05) is 0 Å². The predicted octanol–water partition coefficient (Wildman–Crippen LogP) is -0.854. The number of nitrogens with two attached hydrogens (primary N) is 2. The second-order valence-corrected chi connectivity index (χ2v) is 13.7. The number of phosphoric acid groups is 1. The average molecular weight is 656 g/mol. The summed E-state index contributed by atoms with van der Waals surface area (Å²) < 4.78 is 57.3. The number of rotatable bonds is 2. The van der Waals surface area contributed by atoms with Gasteiger partial charge in [0.15, 0.2) is 28.9 Å². The zero-order chi connectivity index (χ0) is 31.0. The van der Waals surface area contributed by atoms with Crippen LogP contribution in [0.5, 0.6) is 0 Å². The molecule has 0 bridgehead atoms. The molecule has 2 unspecified atom stereocenters. The fourth-order valence-corrected chi connectivity index (χ4v) is 7.86. The molecule has 0 aromatic carbocycles. The predicted molar refractivity (Wildman–Crippen MR) is 146 cm³/mol. The summed E-state index contributed by atoms with van der Waals surface area (Å²) >= 11 is 0. The van der Waals surface area contributed by atoms with Crippen LogP contribution in [0.25, 0.3) is 22.3 Å².